The Balaban J connectivity index is 2.00. The number of phenolic OH excluding ortho intramolecular Hbond substituents is 1. The van der Waals surface area contributed by atoms with Gasteiger partial charge in [0.2, 0.25) is 0 Å². The molecule has 0 atom stereocenters. The van der Waals surface area contributed by atoms with E-state index in [-0.39, 0.29) is 11.4 Å². The number of fused-ring (bicyclic) bond motifs is 1. The summed E-state index contributed by atoms with van der Waals surface area (Å²) in [4.78, 5) is 15.3. The van der Waals surface area contributed by atoms with E-state index in [1.54, 1.807) is 13.0 Å². The highest BCUT2D eigenvalue weighted by molar-refractivity contribution is 5.97. The maximum Gasteiger partial charge on any atom is 0.341 e. The fraction of sp³-hybridized carbons (Fsp3) is 0.292. The number of rotatable bonds is 5. The molecule has 0 unspecified atom stereocenters. The average molecular weight is 391 g/mol. The number of hydrogen-bond donors (Lipinski definition) is 1. The fourth-order valence-corrected chi connectivity index (χ4v) is 3.97. The third kappa shape index (κ3) is 3.71. The van der Waals surface area contributed by atoms with E-state index < -0.39 is 0 Å². The zero-order chi connectivity index (χ0) is 20.4. The van der Waals surface area contributed by atoms with Crippen LogP contribution in [0.2, 0.25) is 0 Å². The zero-order valence-corrected chi connectivity index (χ0v) is 16.6. The Morgan fingerprint density at radius 3 is 2.62 bits per heavy atom. The molecule has 0 spiro atoms. The second kappa shape index (κ2) is 8.23. The van der Waals surface area contributed by atoms with Crippen molar-refractivity contribution >= 4 is 11.0 Å². The van der Waals surface area contributed by atoms with E-state index in [2.05, 4.69) is 11.5 Å². The zero-order valence-electron chi connectivity index (χ0n) is 16.6. The Bertz CT molecular complexity index is 1100. The molecule has 29 heavy (non-hydrogen) atoms. The number of phenols is 1. The molecule has 5 nitrogen and oxygen atoms in total. The number of aromatic hydroxyl groups is 1. The second-order valence-corrected chi connectivity index (χ2v) is 7.38. The molecule has 1 aromatic heterocycles. The summed E-state index contributed by atoms with van der Waals surface area (Å²) in [6.07, 6.45) is 2.30. The van der Waals surface area contributed by atoms with E-state index in [1.807, 2.05) is 36.4 Å². The lowest BCUT2D eigenvalue weighted by Gasteiger charge is -2.27. The van der Waals surface area contributed by atoms with Crippen molar-refractivity contribution in [3.05, 3.63) is 76.2 Å². The van der Waals surface area contributed by atoms with Gasteiger partial charge in [0.15, 0.2) is 0 Å². The Hall–Kier alpha value is -2.89. The third-order valence-corrected chi connectivity index (χ3v) is 5.49. The predicted molar refractivity (Wildman–Crippen MR) is 114 cm³/mol. The maximum absolute atomic E-state index is 13.1. The molecule has 2 aromatic carbocycles. The Morgan fingerprint density at radius 2 is 1.93 bits per heavy atom. The van der Waals surface area contributed by atoms with Crippen LogP contribution < -0.4 is 5.63 Å². The smallest absolute Gasteiger partial charge is 0.341 e. The molecule has 0 amide bonds. The third-order valence-electron chi connectivity index (χ3n) is 5.49. The number of aryl methyl sites for hydroxylation is 1. The van der Waals surface area contributed by atoms with Crippen molar-refractivity contribution in [3.8, 4) is 16.9 Å². The minimum atomic E-state index is -0.359. The molecule has 5 heteroatoms. The van der Waals surface area contributed by atoms with Crippen LogP contribution in [0.5, 0.6) is 5.75 Å². The van der Waals surface area contributed by atoms with E-state index >= 15 is 0 Å². The molecule has 1 fully saturated rings. The lowest BCUT2D eigenvalue weighted by molar-refractivity contribution is 0.0338. The minimum Gasteiger partial charge on any atom is -0.507 e. The molecule has 0 saturated carbocycles. The molecule has 0 radical (unpaired) electrons. The molecular formula is C24H25NO4. The van der Waals surface area contributed by atoms with Crippen LogP contribution in [0.4, 0.5) is 0 Å². The number of allylic oxidation sites excluding steroid dienone is 1. The summed E-state index contributed by atoms with van der Waals surface area (Å²) in [7, 11) is 0. The first-order chi connectivity index (χ1) is 14.1. The number of nitrogens with zero attached hydrogens (tertiary/aromatic N) is 1. The first kappa shape index (κ1) is 19.4. The fourth-order valence-electron chi connectivity index (χ4n) is 3.97. The largest absolute Gasteiger partial charge is 0.507 e. The normalized spacial score (nSPS) is 14.9. The standard InChI is InChI=1S/C24H25NO4/c1-3-7-18-14-19-21(17-8-5-4-6-9-17)20(15-25-10-12-28-13-11-25)24(27)29-23(19)16(2)22(18)26/h3-6,8-9,14,26H,1,7,10-13,15H2,2H3. The van der Waals surface area contributed by atoms with Gasteiger partial charge in [0.1, 0.15) is 11.3 Å². The number of hydrogen-bond acceptors (Lipinski definition) is 5. The van der Waals surface area contributed by atoms with Gasteiger partial charge in [-0.1, -0.05) is 36.4 Å². The highest BCUT2D eigenvalue weighted by Gasteiger charge is 2.22. The van der Waals surface area contributed by atoms with Crippen molar-refractivity contribution in [1.29, 1.82) is 0 Å². The quantitative estimate of drug-likeness (QED) is 0.525. The van der Waals surface area contributed by atoms with Crippen molar-refractivity contribution in [2.45, 2.75) is 19.9 Å². The SMILES string of the molecule is C=CCc1cc2c(-c3ccccc3)c(CN3CCOCC3)c(=O)oc2c(C)c1O. The van der Waals surface area contributed by atoms with Gasteiger partial charge in [0, 0.05) is 36.1 Å². The van der Waals surface area contributed by atoms with Gasteiger partial charge >= 0.3 is 5.63 Å². The van der Waals surface area contributed by atoms with Gasteiger partial charge in [0.05, 0.1) is 18.8 Å². The van der Waals surface area contributed by atoms with Crippen molar-refractivity contribution in [1.82, 2.24) is 4.90 Å². The van der Waals surface area contributed by atoms with Crippen LogP contribution in [0.15, 0.2) is 58.3 Å². The topological polar surface area (TPSA) is 62.9 Å². The molecule has 1 saturated heterocycles. The van der Waals surface area contributed by atoms with Crippen molar-refractivity contribution in [2.75, 3.05) is 26.3 Å². The Morgan fingerprint density at radius 1 is 1.21 bits per heavy atom. The minimum absolute atomic E-state index is 0.153. The molecule has 3 aromatic rings. The summed E-state index contributed by atoms with van der Waals surface area (Å²) in [5, 5.41) is 11.4. The van der Waals surface area contributed by atoms with Gasteiger partial charge in [-0.2, -0.15) is 0 Å². The van der Waals surface area contributed by atoms with Crippen LogP contribution in [0, 0.1) is 6.92 Å². The van der Waals surface area contributed by atoms with Crippen molar-refractivity contribution in [3.63, 3.8) is 0 Å². The molecule has 4 rings (SSSR count). The van der Waals surface area contributed by atoms with Gasteiger partial charge in [-0.15, -0.1) is 6.58 Å². The van der Waals surface area contributed by atoms with Crippen molar-refractivity contribution in [2.24, 2.45) is 0 Å². The van der Waals surface area contributed by atoms with E-state index in [4.69, 9.17) is 9.15 Å². The Kier molecular flexibility index (Phi) is 5.51. The van der Waals surface area contributed by atoms with Gasteiger partial charge in [-0.3, -0.25) is 4.90 Å². The monoisotopic (exact) mass is 391 g/mol. The van der Waals surface area contributed by atoms with Gasteiger partial charge in [-0.05, 0) is 30.5 Å². The van der Waals surface area contributed by atoms with Crippen LogP contribution in [0.1, 0.15) is 16.7 Å². The van der Waals surface area contributed by atoms with Gasteiger partial charge in [0.25, 0.3) is 0 Å². The number of ether oxygens (including phenoxy) is 1. The highest BCUT2D eigenvalue weighted by Crippen LogP contribution is 2.37. The first-order valence-corrected chi connectivity index (χ1v) is 9.87. The molecule has 1 aliphatic heterocycles. The number of benzene rings is 2. The molecule has 0 bridgehead atoms. The van der Waals surface area contributed by atoms with E-state index in [1.165, 1.54) is 0 Å². The maximum atomic E-state index is 13.1. The van der Waals surface area contributed by atoms with Crippen LogP contribution >= 0.6 is 0 Å². The second-order valence-electron chi connectivity index (χ2n) is 7.38. The molecular weight excluding hydrogens is 366 g/mol. The molecule has 1 N–H and O–H groups in total. The molecule has 2 heterocycles. The number of morpholine rings is 1. The van der Waals surface area contributed by atoms with E-state index in [0.717, 1.165) is 35.2 Å². The molecule has 150 valence electrons. The van der Waals surface area contributed by atoms with E-state index in [9.17, 15) is 9.90 Å². The summed E-state index contributed by atoms with van der Waals surface area (Å²) < 4.78 is 11.2. The first-order valence-electron chi connectivity index (χ1n) is 9.87. The predicted octanol–water partition coefficient (Wildman–Crippen LogP) is 4.03. The van der Waals surface area contributed by atoms with Crippen LogP contribution in [-0.2, 0) is 17.7 Å². The van der Waals surface area contributed by atoms with Gasteiger partial charge in [-0.25, -0.2) is 4.79 Å². The van der Waals surface area contributed by atoms with Crippen molar-refractivity contribution < 1.29 is 14.3 Å². The Labute approximate surface area is 169 Å². The average Bonchev–Trinajstić information content (AvgIpc) is 2.75. The molecule has 1 aliphatic rings. The summed E-state index contributed by atoms with van der Waals surface area (Å²) >= 11 is 0. The van der Waals surface area contributed by atoms with Crippen LogP contribution in [-0.4, -0.2) is 36.3 Å². The van der Waals surface area contributed by atoms with Crippen LogP contribution in [0.25, 0.3) is 22.1 Å². The summed E-state index contributed by atoms with van der Waals surface area (Å²) in [5.41, 5.74) is 3.90. The summed E-state index contributed by atoms with van der Waals surface area (Å²) in [6.45, 7) is 8.96. The van der Waals surface area contributed by atoms with Crippen LogP contribution in [0.3, 0.4) is 0 Å². The lowest BCUT2D eigenvalue weighted by Crippen LogP contribution is -2.37. The van der Waals surface area contributed by atoms with Gasteiger partial charge < -0.3 is 14.3 Å². The lowest BCUT2D eigenvalue weighted by atomic mass is 9.93. The summed E-state index contributed by atoms with van der Waals surface area (Å²) in [5.74, 6) is 0.153. The molecule has 0 aliphatic carbocycles. The van der Waals surface area contributed by atoms with E-state index in [0.29, 0.717) is 42.9 Å². The summed E-state index contributed by atoms with van der Waals surface area (Å²) in [6, 6.07) is 11.8. The highest BCUT2D eigenvalue weighted by atomic mass is 16.5.